The Morgan fingerprint density at radius 3 is 2.75 bits per heavy atom. The van der Waals surface area contributed by atoms with E-state index in [2.05, 4.69) is 38.2 Å². The molecular formula is C22H20N6. The minimum Gasteiger partial charge on any atom is -0.383 e. The van der Waals surface area contributed by atoms with E-state index in [1.54, 1.807) is 4.68 Å². The van der Waals surface area contributed by atoms with Crippen LogP contribution in [-0.4, -0.2) is 24.7 Å². The van der Waals surface area contributed by atoms with Gasteiger partial charge in [-0.05, 0) is 42.3 Å². The van der Waals surface area contributed by atoms with Crippen LogP contribution < -0.4 is 5.73 Å². The number of imidazole rings is 1. The lowest BCUT2D eigenvalue weighted by molar-refractivity contribution is 0.892. The van der Waals surface area contributed by atoms with Crippen molar-refractivity contribution in [3.05, 3.63) is 84.1 Å². The first-order chi connectivity index (χ1) is 13.7. The summed E-state index contributed by atoms with van der Waals surface area (Å²) in [5, 5.41) is 4.50. The minimum absolute atomic E-state index is 0.641. The SMILES string of the molecule is Cc1nc2cc(-n3ncc(Cc4cc(-c5ccccc5)c[nH]4)c3N)ccc2[nH]1. The predicted octanol–water partition coefficient (Wildman–Crippen LogP) is 4.23. The lowest BCUT2D eigenvalue weighted by Gasteiger charge is -2.05. The van der Waals surface area contributed by atoms with Crippen LogP contribution in [0, 0.1) is 6.92 Å². The zero-order valence-electron chi connectivity index (χ0n) is 15.5. The monoisotopic (exact) mass is 368 g/mol. The molecule has 0 aliphatic rings. The van der Waals surface area contributed by atoms with E-state index in [1.807, 2.05) is 55.7 Å². The molecule has 0 saturated carbocycles. The summed E-state index contributed by atoms with van der Waals surface area (Å²) in [5.41, 5.74) is 13.7. The second-order valence-electron chi connectivity index (χ2n) is 6.95. The average Bonchev–Trinajstić information content (AvgIpc) is 3.41. The molecule has 5 aromatic rings. The zero-order valence-corrected chi connectivity index (χ0v) is 15.5. The molecule has 0 atom stereocenters. The first kappa shape index (κ1) is 16.4. The summed E-state index contributed by atoms with van der Waals surface area (Å²) >= 11 is 0. The van der Waals surface area contributed by atoms with Gasteiger partial charge < -0.3 is 15.7 Å². The maximum absolute atomic E-state index is 6.41. The highest BCUT2D eigenvalue weighted by Crippen LogP contribution is 2.25. The molecule has 0 saturated heterocycles. The van der Waals surface area contributed by atoms with Gasteiger partial charge >= 0.3 is 0 Å². The van der Waals surface area contributed by atoms with Crippen LogP contribution in [0.2, 0.25) is 0 Å². The molecular weight excluding hydrogens is 348 g/mol. The van der Waals surface area contributed by atoms with Gasteiger partial charge in [-0.1, -0.05) is 30.3 Å². The molecule has 6 nitrogen and oxygen atoms in total. The van der Waals surface area contributed by atoms with Crippen molar-refractivity contribution in [2.45, 2.75) is 13.3 Å². The molecule has 4 N–H and O–H groups in total. The number of nitrogens with one attached hydrogen (secondary N) is 2. The maximum atomic E-state index is 6.41. The standard InChI is InChI=1S/C22H20N6/c1-14-26-20-8-7-19(11-21(20)27-14)28-22(23)17(13-25-28)10-18-9-16(12-24-18)15-5-3-2-4-6-15/h2-9,11-13,24H,10,23H2,1H3,(H,26,27). The van der Waals surface area contributed by atoms with Crippen LogP contribution in [0.5, 0.6) is 0 Å². The third-order valence-corrected chi connectivity index (χ3v) is 4.95. The van der Waals surface area contributed by atoms with E-state index in [1.165, 1.54) is 11.1 Å². The van der Waals surface area contributed by atoms with Gasteiger partial charge in [-0.25, -0.2) is 9.67 Å². The van der Waals surface area contributed by atoms with Gasteiger partial charge in [0.25, 0.3) is 0 Å². The Hall–Kier alpha value is -3.80. The van der Waals surface area contributed by atoms with Gasteiger partial charge in [0.1, 0.15) is 11.6 Å². The quantitative estimate of drug-likeness (QED) is 0.444. The molecule has 0 unspecified atom stereocenters. The molecule has 0 aliphatic carbocycles. The van der Waals surface area contributed by atoms with Crippen molar-refractivity contribution in [3.63, 3.8) is 0 Å². The number of fused-ring (bicyclic) bond motifs is 1. The van der Waals surface area contributed by atoms with Crippen molar-refractivity contribution in [1.82, 2.24) is 24.7 Å². The Labute approximate surface area is 162 Å². The number of nitrogens with zero attached hydrogens (tertiary/aromatic N) is 3. The number of aromatic amines is 2. The Kier molecular flexibility index (Phi) is 3.76. The second kappa shape index (κ2) is 6.42. The fourth-order valence-corrected chi connectivity index (χ4v) is 3.53. The van der Waals surface area contributed by atoms with Crippen LogP contribution in [0.25, 0.3) is 27.8 Å². The summed E-state index contributed by atoms with van der Waals surface area (Å²) in [6.45, 7) is 1.94. The molecule has 0 fully saturated rings. The second-order valence-corrected chi connectivity index (χ2v) is 6.95. The predicted molar refractivity (Wildman–Crippen MR) is 111 cm³/mol. The Morgan fingerprint density at radius 1 is 1.04 bits per heavy atom. The fraction of sp³-hybridized carbons (Fsp3) is 0.0909. The van der Waals surface area contributed by atoms with Gasteiger partial charge in [0.2, 0.25) is 0 Å². The van der Waals surface area contributed by atoms with Crippen LogP contribution in [0.15, 0.2) is 67.0 Å². The molecule has 0 amide bonds. The van der Waals surface area contributed by atoms with Crippen molar-refractivity contribution in [2.24, 2.45) is 0 Å². The number of rotatable bonds is 4. The number of nitrogen functional groups attached to an aromatic ring is 1. The topological polar surface area (TPSA) is 88.3 Å². The van der Waals surface area contributed by atoms with Crippen molar-refractivity contribution in [3.8, 4) is 16.8 Å². The fourth-order valence-electron chi connectivity index (χ4n) is 3.53. The van der Waals surface area contributed by atoms with Gasteiger partial charge in [-0.3, -0.25) is 0 Å². The third-order valence-electron chi connectivity index (χ3n) is 4.95. The lowest BCUT2D eigenvalue weighted by Crippen LogP contribution is -2.03. The number of H-pyrrole nitrogens is 2. The van der Waals surface area contributed by atoms with E-state index in [0.717, 1.165) is 33.8 Å². The number of benzene rings is 2. The number of hydrogen-bond acceptors (Lipinski definition) is 3. The molecule has 0 radical (unpaired) electrons. The number of nitrogens with two attached hydrogens (primary N) is 1. The van der Waals surface area contributed by atoms with Crippen LogP contribution >= 0.6 is 0 Å². The van der Waals surface area contributed by atoms with Crippen molar-refractivity contribution >= 4 is 16.9 Å². The summed E-state index contributed by atoms with van der Waals surface area (Å²) in [6.07, 6.45) is 4.56. The van der Waals surface area contributed by atoms with E-state index in [9.17, 15) is 0 Å². The highest BCUT2D eigenvalue weighted by Gasteiger charge is 2.12. The van der Waals surface area contributed by atoms with Crippen molar-refractivity contribution in [1.29, 1.82) is 0 Å². The molecule has 6 heteroatoms. The zero-order chi connectivity index (χ0) is 19.1. The number of anilines is 1. The van der Waals surface area contributed by atoms with Gasteiger partial charge in [0, 0.05) is 23.9 Å². The molecule has 0 aliphatic heterocycles. The smallest absolute Gasteiger partial charge is 0.130 e. The Morgan fingerprint density at radius 2 is 1.89 bits per heavy atom. The maximum Gasteiger partial charge on any atom is 0.130 e. The van der Waals surface area contributed by atoms with Crippen molar-refractivity contribution < 1.29 is 0 Å². The molecule has 28 heavy (non-hydrogen) atoms. The summed E-state index contributed by atoms with van der Waals surface area (Å²) in [6, 6.07) is 18.5. The third kappa shape index (κ3) is 2.85. The van der Waals surface area contributed by atoms with E-state index in [4.69, 9.17) is 5.73 Å². The van der Waals surface area contributed by atoms with E-state index < -0.39 is 0 Å². The molecule has 138 valence electrons. The molecule has 2 aromatic carbocycles. The van der Waals surface area contributed by atoms with E-state index >= 15 is 0 Å². The van der Waals surface area contributed by atoms with Gasteiger partial charge in [0.05, 0.1) is 22.9 Å². The number of aromatic nitrogens is 5. The van der Waals surface area contributed by atoms with Gasteiger partial charge in [-0.2, -0.15) is 5.10 Å². The highest BCUT2D eigenvalue weighted by atomic mass is 15.3. The minimum atomic E-state index is 0.641. The van der Waals surface area contributed by atoms with E-state index in [-0.39, 0.29) is 0 Å². The molecule has 3 aromatic heterocycles. The Bertz CT molecular complexity index is 1260. The summed E-state index contributed by atoms with van der Waals surface area (Å²) < 4.78 is 1.76. The largest absolute Gasteiger partial charge is 0.383 e. The van der Waals surface area contributed by atoms with Crippen LogP contribution in [0.3, 0.4) is 0 Å². The van der Waals surface area contributed by atoms with Gasteiger partial charge in [0.15, 0.2) is 0 Å². The summed E-state index contributed by atoms with van der Waals surface area (Å²) in [5.74, 6) is 1.53. The lowest BCUT2D eigenvalue weighted by atomic mass is 10.1. The number of aryl methyl sites for hydroxylation is 1. The summed E-state index contributed by atoms with van der Waals surface area (Å²) in [4.78, 5) is 11.1. The first-order valence-corrected chi connectivity index (χ1v) is 9.19. The van der Waals surface area contributed by atoms with E-state index in [0.29, 0.717) is 12.2 Å². The van der Waals surface area contributed by atoms with Crippen LogP contribution in [0.4, 0.5) is 5.82 Å². The van der Waals surface area contributed by atoms with Gasteiger partial charge in [-0.15, -0.1) is 0 Å². The van der Waals surface area contributed by atoms with Crippen molar-refractivity contribution in [2.75, 3.05) is 5.73 Å². The summed E-state index contributed by atoms with van der Waals surface area (Å²) in [7, 11) is 0. The first-order valence-electron chi connectivity index (χ1n) is 9.19. The highest BCUT2D eigenvalue weighted by molar-refractivity contribution is 5.77. The van der Waals surface area contributed by atoms with Crippen LogP contribution in [-0.2, 0) is 6.42 Å². The molecule has 0 spiro atoms. The van der Waals surface area contributed by atoms with Crippen LogP contribution in [0.1, 0.15) is 17.1 Å². The molecule has 3 heterocycles. The number of hydrogen-bond donors (Lipinski definition) is 3. The molecule has 5 rings (SSSR count). The normalized spacial score (nSPS) is 11.3. The molecule has 0 bridgehead atoms. The Balaban J connectivity index is 1.43. The average molecular weight is 368 g/mol.